The molecule has 8 heteroatoms. The number of methoxy groups -OCH3 is 1. The molecule has 0 radical (unpaired) electrons. The fourth-order valence-corrected chi connectivity index (χ4v) is 5.96. The molecule has 2 saturated heterocycles. The van der Waals surface area contributed by atoms with Gasteiger partial charge in [-0.25, -0.2) is 4.79 Å². The summed E-state index contributed by atoms with van der Waals surface area (Å²) in [5.74, 6) is 7.46. The van der Waals surface area contributed by atoms with E-state index in [1.165, 1.54) is 5.56 Å². The number of anilines is 1. The second-order valence-electron chi connectivity index (χ2n) is 10.9. The van der Waals surface area contributed by atoms with E-state index >= 15 is 0 Å². The van der Waals surface area contributed by atoms with E-state index in [1.54, 1.807) is 7.11 Å². The summed E-state index contributed by atoms with van der Waals surface area (Å²) in [7, 11) is 1.62. The Morgan fingerprint density at radius 3 is 2.33 bits per heavy atom. The minimum atomic E-state index is -1.31. The number of carbonyl (C=O) groups excluding carboxylic acids is 1. The van der Waals surface area contributed by atoms with E-state index in [9.17, 15) is 15.0 Å². The third-order valence-electron chi connectivity index (χ3n) is 8.16. The summed E-state index contributed by atoms with van der Waals surface area (Å²) in [6.45, 7) is 3.59. The Hall–Kier alpha value is -3.87. The van der Waals surface area contributed by atoms with E-state index in [4.69, 9.17) is 4.74 Å². The van der Waals surface area contributed by atoms with Gasteiger partial charge in [-0.3, -0.25) is 4.90 Å². The standard InChI is InChI=1S/C34H40N4O4/c1-42-29-17-15-28(16-18-29)36-34(41)37-21-5-6-22-38-30(23-35-20-19-32(39)40)33(31(38)24-37)27-13-11-26(12-14-27)10-9-25-7-3-2-4-8-25/h2-4,7-8,11-18,30-33,35,39-40H,5-6,19-24H2,1H3,(H,36,41)/t30-,31+,33+/m1/s1. The number of amides is 2. The molecule has 8 nitrogen and oxygen atoms in total. The van der Waals surface area contributed by atoms with E-state index in [2.05, 4.69) is 51.6 Å². The molecule has 2 aliphatic rings. The van der Waals surface area contributed by atoms with E-state index in [0.717, 1.165) is 48.5 Å². The van der Waals surface area contributed by atoms with Crippen LogP contribution in [0, 0.1) is 11.8 Å². The van der Waals surface area contributed by atoms with Crippen LogP contribution in [0.5, 0.6) is 5.75 Å². The molecule has 2 amide bonds. The number of fused-ring (bicyclic) bond motifs is 1. The third kappa shape index (κ3) is 7.50. The predicted molar refractivity (Wildman–Crippen MR) is 164 cm³/mol. The highest BCUT2D eigenvalue weighted by Gasteiger charge is 2.49. The highest BCUT2D eigenvalue weighted by Crippen LogP contribution is 2.42. The number of rotatable bonds is 8. The molecule has 2 fully saturated rings. The lowest BCUT2D eigenvalue weighted by Crippen LogP contribution is -2.69. The molecule has 2 heterocycles. The minimum absolute atomic E-state index is 0.0918. The van der Waals surface area contributed by atoms with Gasteiger partial charge in [0.15, 0.2) is 6.29 Å². The fourth-order valence-electron chi connectivity index (χ4n) is 5.96. The third-order valence-corrected chi connectivity index (χ3v) is 8.16. The van der Waals surface area contributed by atoms with Crippen molar-refractivity contribution >= 4 is 11.7 Å². The minimum Gasteiger partial charge on any atom is -0.497 e. The average molecular weight is 569 g/mol. The molecule has 0 bridgehead atoms. The maximum atomic E-state index is 13.4. The van der Waals surface area contributed by atoms with Gasteiger partial charge in [0.2, 0.25) is 0 Å². The molecule has 0 spiro atoms. The van der Waals surface area contributed by atoms with Crippen molar-refractivity contribution in [2.75, 3.05) is 45.2 Å². The normalized spacial score (nSPS) is 20.4. The van der Waals surface area contributed by atoms with Crippen molar-refractivity contribution in [2.45, 2.75) is 43.6 Å². The van der Waals surface area contributed by atoms with Gasteiger partial charge in [0.05, 0.1) is 7.11 Å². The topological polar surface area (TPSA) is 97.3 Å². The number of hydrogen-bond donors (Lipinski definition) is 4. The molecule has 42 heavy (non-hydrogen) atoms. The summed E-state index contributed by atoms with van der Waals surface area (Å²) in [4.78, 5) is 17.8. The fraction of sp³-hybridized carbons (Fsp3) is 0.382. The van der Waals surface area contributed by atoms with Crippen LogP contribution in [0.3, 0.4) is 0 Å². The average Bonchev–Trinajstić information content (AvgIpc) is 2.99. The maximum Gasteiger partial charge on any atom is 0.321 e. The van der Waals surface area contributed by atoms with Gasteiger partial charge in [0.1, 0.15) is 5.75 Å². The molecule has 220 valence electrons. The molecule has 5 rings (SSSR count). The predicted octanol–water partition coefficient (Wildman–Crippen LogP) is 3.85. The van der Waals surface area contributed by atoms with Crippen LogP contribution in [0.4, 0.5) is 10.5 Å². The van der Waals surface area contributed by atoms with Gasteiger partial charge < -0.3 is 30.5 Å². The van der Waals surface area contributed by atoms with Crippen LogP contribution in [-0.4, -0.2) is 84.3 Å². The van der Waals surface area contributed by atoms with Crippen LogP contribution >= 0.6 is 0 Å². The summed E-state index contributed by atoms with van der Waals surface area (Å²) in [6, 6.07) is 26.2. The smallest absolute Gasteiger partial charge is 0.321 e. The van der Waals surface area contributed by atoms with Gasteiger partial charge >= 0.3 is 6.03 Å². The zero-order valence-corrected chi connectivity index (χ0v) is 24.1. The van der Waals surface area contributed by atoms with Crippen molar-refractivity contribution in [3.05, 3.63) is 95.6 Å². The second-order valence-corrected chi connectivity index (χ2v) is 10.9. The first-order valence-electron chi connectivity index (χ1n) is 14.7. The van der Waals surface area contributed by atoms with Crippen molar-refractivity contribution in [3.63, 3.8) is 0 Å². The molecule has 2 aliphatic heterocycles. The lowest BCUT2D eigenvalue weighted by molar-refractivity contribution is -0.0485. The molecule has 3 aromatic rings. The summed E-state index contributed by atoms with van der Waals surface area (Å²) in [6.07, 6.45) is 0.922. The molecule has 0 unspecified atom stereocenters. The second kappa shape index (κ2) is 14.3. The van der Waals surface area contributed by atoms with Crippen molar-refractivity contribution in [3.8, 4) is 17.6 Å². The van der Waals surface area contributed by atoms with E-state index in [1.807, 2.05) is 59.5 Å². The van der Waals surface area contributed by atoms with Crippen LogP contribution in [0.1, 0.15) is 41.9 Å². The van der Waals surface area contributed by atoms with Crippen LogP contribution in [0.2, 0.25) is 0 Å². The zero-order valence-electron chi connectivity index (χ0n) is 24.1. The number of aliphatic hydroxyl groups excluding tert-OH is 1. The first-order valence-corrected chi connectivity index (χ1v) is 14.7. The van der Waals surface area contributed by atoms with E-state index in [0.29, 0.717) is 19.6 Å². The lowest BCUT2D eigenvalue weighted by Gasteiger charge is -2.57. The number of nitrogens with zero attached hydrogens (tertiary/aromatic N) is 2. The van der Waals surface area contributed by atoms with Crippen LogP contribution < -0.4 is 15.4 Å². The number of urea groups is 1. The van der Waals surface area contributed by atoms with E-state index in [-0.39, 0.29) is 30.5 Å². The Kier molecular flexibility index (Phi) is 10.1. The van der Waals surface area contributed by atoms with Gasteiger partial charge in [0.25, 0.3) is 0 Å². The summed E-state index contributed by atoms with van der Waals surface area (Å²) >= 11 is 0. The number of hydrogen-bond acceptors (Lipinski definition) is 6. The molecular formula is C34H40N4O4. The SMILES string of the molecule is COc1ccc(NC(=O)N2CCCCN3[C@H](CNCCC(O)O)[C@H](c4ccc(C#Cc5ccccc5)cc4)[C@@H]3C2)cc1. The number of benzene rings is 3. The van der Waals surface area contributed by atoms with Gasteiger partial charge in [-0.1, -0.05) is 42.2 Å². The molecular weight excluding hydrogens is 528 g/mol. The van der Waals surface area contributed by atoms with Crippen molar-refractivity contribution in [1.82, 2.24) is 15.1 Å². The van der Waals surface area contributed by atoms with Crippen molar-refractivity contribution in [2.24, 2.45) is 0 Å². The highest BCUT2D eigenvalue weighted by atomic mass is 16.5. The zero-order chi connectivity index (χ0) is 29.3. The van der Waals surface area contributed by atoms with Gasteiger partial charge in [0, 0.05) is 60.9 Å². The van der Waals surface area contributed by atoms with Gasteiger partial charge in [-0.05, 0) is 80.0 Å². The first kappa shape index (κ1) is 29.6. The van der Waals surface area contributed by atoms with Crippen LogP contribution in [-0.2, 0) is 0 Å². The van der Waals surface area contributed by atoms with Crippen molar-refractivity contribution < 1.29 is 19.7 Å². The summed E-state index contributed by atoms with van der Waals surface area (Å²) < 4.78 is 5.24. The van der Waals surface area contributed by atoms with Crippen molar-refractivity contribution in [1.29, 1.82) is 0 Å². The van der Waals surface area contributed by atoms with Crippen LogP contribution in [0.25, 0.3) is 0 Å². The van der Waals surface area contributed by atoms with Crippen LogP contribution in [0.15, 0.2) is 78.9 Å². The summed E-state index contributed by atoms with van der Waals surface area (Å²) in [5.41, 5.74) is 3.92. The number of ether oxygens (including phenoxy) is 1. The molecule has 0 saturated carbocycles. The quantitative estimate of drug-likeness (QED) is 0.187. The van der Waals surface area contributed by atoms with Gasteiger partial charge in [-0.2, -0.15) is 0 Å². The first-order chi connectivity index (χ1) is 20.5. The Morgan fingerprint density at radius 1 is 0.952 bits per heavy atom. The Bertz CT molecular complexity index is 1350. The lowest BCUT2D eigenvalue weighted by atomic mass is 9.73. The molecule has 0 aliphatic carbocycles. The molecule has 3 atom stereocenters. The maximum absolute atomic E-state index is 13.4. The number of aliphatic hydroxyl groups is 2. The number of carbonyl (C=O) groups is 1. The Balaban J connectivity index is 1.32. The molecule has 4 N–H and O–H groups in total. The van der Waals surface area contributed by atoms with E-state index < -0.39 is 6.29 Å². The summed E-state index contributed by atoms with van der Waals surface area (Å²) in [5, 5.41) is 25.0. The van der Waals surface area contributed by atoms with Gasteiger partial charge in [-0.15, -0.1) is 0 Å². The monoisotopic (exact) mass is 568 g/mol. The number of nitrogens with one attached hydrogen (secondary N) is 2. The highest BCUT2D eigenvalue weighted by molar-refractivity contribution is 5.89. The Morgan fingerprint density at radius 2 is 1.64 bits per heavy atom. The Labute approximate surface area is 248 Å². The largest absolute Gasteiger partial charge is 0.497 e. The molecule has 3 aromatic carbocycles. The molecule has 0 aromatic heterocycles.